The van der Waals surface area contributed by atoms with Crippen molar-refractivity contribution < 1.29 is 18.4 Å². The van der Waals surface area contributed by atoms with Gasteiger partial charge in [-0.2, -0.15) is 10.2 Å². The minimum Gasteiger partial charge on any atom is -0.459 e. The van der Waals surface area contributed by atoms with Gasteiger partial charge in [0, 0.05) is 31.2 Å². The molecule has 1 aromatic carbocycles. The third-order valence-electron chi connectivity index (χ3n) is 4.94. The number of furan rings is 1. The Morgan fingerprint density at radius 1 is 1.19 bits per heavy atom. The number of nitriles is 1. The maximum absolute atomic E-state index is 12.5. The van der Waals surface area contributed by atoms with Gasteiger partial charge in [-0.3, -0.25) is 9.59 Å². The number of rotatable bonds is 5. The molecule has 3 aromatic rings. The molecule has 4 rings (SSSR count). The Morgan fingerprint density at radius 3 is 2.62 bits per heavy atom. The van der Waals surface area contributed by atoms with Gasteiger partial charge in [0.25, 0.3) is 11.8 Å². The van der Waals surface area contributed by atoms with E-state index in [2.05, 4.69) is 10.3 Å². The molecule has 3 heterocycles. The lowest BCUT2D eigenvalue weighted by Crippen LogP contribution is -2.51. The molecule has 9 nitrogen and oxygen atoms in total. The van der Waals surface area contributed by atoms with Crippen LogP contribution in [0.25, 0.3) is 11.7 Å². The summed E-state index contributed by atoms with van der Waals surface area (Å²) in [5, 5.41) is 12.6. The molecule has 1 saturated heterocycles. The molecular formula is C21H17Cl2N5O4. The Kier molecular flexibility index (Phi) is 6.35. The van der Waals surface area contributed by atoms with E-state index >= 15 is 0 Å². The monoisotopic (exact) mass is 473 g/mol. The lowest BCUT2D eigenvalue weighted by molar-refractivity contribution is -0.130. The molecule has 0 spiro atoms. The van der Waals surface area contributed by atoms with E-state index in [0.29, 0.717) is 42.8 Å². The van der Waals surface area contributed by atoms with Gasteiger partial charge in [0.1, 0.15) is 6.07 Å². The van der Waals surface area contributed by atoms with Crippen LogP contribution in [0.2, 0.25) is 10.0 Å². The van der Waals surface area contributed by atoms with E-state index in [1.54, 1.807) is 23.1 Å². The lowest BCUT2D eigenvalue weighted by Gasteiger charge is -2.34. The number of anilines is 1. The van der Waals surface area contributed by atoms with E-state index in [1.165, 1.54) is 18.4 Å². The number of carbonyl (C=O) groups excluding carboxylic acids is 2. The van der Waals surface area contributed by atoms with E-state index in [1.807, 2.05) is 11.0 Å². The van der Waals surface area contributed by atoms with Gasteiger partial charge in [-0.15, -0.1) is 0 Å². The molecule has 0 radical (unpaired) electrons. The standard InChI is InChI=1S/C21H17Cl2N5O4/c22-13-3-4-14(15(23)10-13)19(30)25-12-18(29)27-5-7-28(8-6-27)21-16(11-24)26-20(32-21)17-2-1-9-31-17/h1-4,9-10H,5-8,12H2,(H,25,30). The van der Waals surface area contributed by atoms with Gasteiger partial charge in [0.15, 0.2) is 5.76 Å². The van der Waals surface area contributed by atoms with Crippen LogP contribution in [0.15, 0.2) is 45.4 Å². The van der Waals surface area contributed by atoms with Crippen molar-refractivity contribution in [2.75, 3.05) is 37.6 Å². The molecule has 1 N–H and O–H groups in total. The number of benzene rings is 1. The first-order chi connectivity index (χ1) is 15.5. The van der Waals surface area contributed by atoms with Crippen LogP contribution >= 0.6 is 23.2 Å². The summed E-state index contributed by atoms with van der Waals surface area (Å²) in [5.74, 6) is 0.320. The molecular weight excluding hydrogens is 457 g/mol. The molecule has 0 saturated carbocycles. The third kappa shape index (κ3) is 4.56. The fourth-order valence-electron chi connectivity index (χ4n) is 3.30. The van der Waals surface area contributed by atoms with Crippen molar-refractivity contribution in [2.24, 2.45) is 0 Å². The molecule has 11 heteroatoms. The number of hydrogen-bond donors (Lipinski definition) is 1. The van der Waals surface area contributed by atoms with Crippen molar-refractivity contribution in [3.05, 3.63) is 57.9 Å². The number of piperazine rings is 1. The second kappa shape index (κ2) is 9.34. The Labute approximate surface area is 193 Å². The Balaban J connectivity index is 1.33. The van der Waals surface area contributed by atoms with Crippen molar-refractivity contribution >= 4 is 40.9 Å². The van der Waals surface area contributed by atoms with Crippen molar-refractivity contribution in [1.82, 2.24) is 15.2 Å². The third-order valence-corrected chi connectivity index (χ3v) is 5.49. The van der Waals surface area contributed by atoms with Crippen LogP contribution in [-0.2, 0) is 4.79 Å². The minimum absolute atomic E-state index is 0.156. The number of amides is 2. The van der Waals surface area contributed by atoms with Crippen LogP contribution in [-0.4, -0.2) is 54.4 Å². The van der Waals surface area contributed by atoms with Crippen LogP contribution in [0.3, 0.4) is 0 Å². The molecule has 164 valence electrons. The van der Waals surface area contributed by atoms with E-state index in [4.69, 9.17) is 32.0 Å². The lowest BCUT2D eigenvalue weighted by atomic mass is 10.2. The van der Waals surface area contributed by atoms with Gasteiger partial charge in [-0.05, 0) is 30.3 Å². The van der Waals surface area contributed by atoms with Crippen molar-refractivity contribution in [2.45, 2.75) is 0 Å². The number of halogens is 2. The number of nitrogens with one attached hydrogen (secondary N) is 1. The van der Waals surface area contributed by atoms with E-state index in [9.17, 15) is 14.9 Å². The molecule has 0 unspecified atom stereocenters. The highest BCUT2D eigenvalue weighted by molar-refractivity contribution is 6.36. The summed E-state index contributed by atoms with van der Waals surface area (Å²) in [5.41, 5.74) is 0.402. The average Bonchev–Trinajstić information content (AvgIpc) is 3.47. The Bertz CT molecular complexity index is 1180. The summed E-state index contributed by atoms with van der Waals surface area (Å²) in [6.07, 6.45) is 1.50. The highest BCUT2D eigenvalue weighted by atomic mass is 35.5. The van der Waals surface area contributed by atoms with Gasteiger partial charge in [0.05, 0.1) is 23.4 Å². The fourth-order valence-corrected chi connectivity index (χ4v) is 3.79. The summed E-state index contributed by atoms with van der Waals surface area (Å²) in [4.78, 5) is 32.5. The predicted molar refractivity (Wildman–Crippen MR) is 117 cm³/mol. The van der Waals surface area contributed by atoms with Crippen LogP contribution in [0.5, 0.6) is 0 Å². The summed E-state index contributed by atoms with van der Waals surface area (Å²) in [7, 11) is 0. The second-order valence-electron chi connectivity index (χ2n) is 6.94. The van der Waals surface area contributed by atoms with Crippen molar-refractivity contribution in [1.29, 1.82) is 5.26 Å². The zero-order valence-electron chi connectivity index (χ0n) is 16.7. The van der Waals surface area contributed by atoms with E-state index in [0.717, 1.165) is 0 Å². The summed E-state index contributed by atoms with van der Waals surface area (Å²) in [6, 6.07) is 9.95. The quantitative estimate of drug-likeness (QED) is 0.604. The van der Waals surface area contributed by atoms with E-state index in [-0.39, 0.29) is 34.6 Å². The molecule has 0 bridgehead atoms. The van der Waals surface area contributed by atoms with Gasteiger partial charge >= 0.3 is 0 Å². The average molecular weight is 474 g/mol. The summed E-state index contributed by atoms with van der Waals surface area (Å²) < 4.78 is 11.0. The SMILES string of the molecule is N#Cc1nc(-c2ccco2)oc1N1CCN(C(=O)CNC(=O)c2ccc(Cl)cc2Cl)CC1. The van der Waals surface area contributed by atoms with Gasteiger partial charge in [-0.1, -0.05) is 23.2 Å². The number of nitrogens with zero attached hydrogens (tertiary/aromatic N) is 4. The molecule has 2 amide bonds. The first-order valence-electron chi connectivity index (χ1n) is 9.67. The number of aromatic nitrogens is 1. The van der Waals surface area contributed by atoms with Crippen molar-refractivity contribution in [3.8, 4) is 17.7 Å². The zero-order chi connectivity index (χ0) is 22.7. The molecule has 1 aliphatic rings. The van der Waals surface area contributed by atoms with Gasteiger partial charge in [0.2, 0.25) is 17.5 Å². The summed E-state index contributed by atoms with van der Waals surface area (Å²) >= 11 is 11.9. The first kappa shape index (κ1) is 21.7. The maximum Gasteiger partial charge on any atom is 0.266 e. The number of hydrogen-bond acceptors (Lipinski definition) is 7. The fraction of sp³-hybridized carbons (Fsp3) is 0.238. The number of carbonyl (C=O) groups is 2. The number of oxazole rings is 1. The highest BCUT2D eigenvalue weighted by Crippen LogP contribution is 2.29. The van der Waals surface area contributed by atoms with Crippen LogP contribution < -0.4 is 10.2 Å². The van der Waals surface area contributed by atoms with Crippen LogP contribution in [0.4, 0.5) is 5.88 Å². The largest absolute Gasteiger partial charge is 0.459 e. The molecule has 0 aliphatic carbocycles. The molecule has 2 aromatic heterocycles. The zero-order valence-corrected chi connectivity index (χ0v) is 18.2. The maximum atomic E-state index is 12.5. The highest BCUT2D eigenvalue weighted by Gasteiger charge is 2.27. The van der Waals surface area contributed by atoms with E-state index < -0.39 is 5.91 Å². The van der Waals surface area contributed by atoms with Crippen LogP contribution in [0, 0.1) is 11.3 Å². The smallest absolute Gasteiger partial charge is 0.266 e. The van der Waals surface area contributed by atoms with Gasteiger partial charge < -0.3 is 24.0 Å². The molecule has 1 fully saturated rings. The molecule has 0 atom stereocenters. The topological polar surface area (TPSA) is 116 Å². The van der Waals surface area contributed by atoms with Crippen LogP contribution in [0.1, 0.15) is 16.1 Å². The molecule has 32 heavy (non-hydrogen) atoms. The van der Waals surface area contributed by atoms with Crippen molar-refractivity contribution in [3.63, 3.8) is 0 Å². The first-order valence-corrected chi connectivity index (χ1v) is 10.4. The molecule has 1 aliphatic heterocycles. The minimum atomic E-state index is -0.454. The Hall–Kier alpha value is -3.48. The predicted octanol–water partition coefficient (Wildman–Crippen LogP) is 3.19. The normalized spacial score (nSPS) is 13.7. The van der Waals surface area contributed by atoms with Gasteiger partial charge in [-0.25, -0.2) is 0 Å². The summed E-state index contributed by atoms with van der Waals surface area (Å²) in [6.45, 7) is 1.54. The second-order valence-corrected chi connectivity index (χ2v) is 7.78. The Morgan fingerprint density at radius 2 is 1.97 bits per heavy atom.